The van der Waals surface area contributed by atoms with Crippen molar-refractivity contribution in [3.8, 4) is 5.88 Å². The highest BCUT2D eigenvalue weighted by atomic mass is 19.1. The smallest absolute Gasteiger partial charge is 0.317 e. The first-order valence-corrected chi connectivity index (χ1v) is 7.92. The number of carbonyl (C=O) groups is 1. The molecule has 0 aliphatic carbocycles. The Bertz CT molecular complexity index is 666. The first kappa shape index (κ1) is 16.2. The fourth-order valence-electron chi connectivity index (χ4n) is 2.63. The number of likely N-dealkylation sites (tertiary alicyclic amines) is 1. The zero-order valence-corrected chi connectivity index (χ0v) is 13.2. The van der Waals surface area contributed by atoms with E-state index in [0.29, 0.717) is 25.5 Å². The summed E-state index contributed by atoms with van der Waals surface area (Å²) in [7, 11) is 0. The van der Waals surface area contributed by atoms with E-state index in [1.54, 1.807) is 35.4 Å². The standard InChI is InChI=1S/C17H19FN4O2/c18-14-7-5-13(6-8-14)11-19-17(23)22-10-2-3-15(12-22)24-16-4-1-9-20-21-16/h1,4-9,15H,2-3,10-12H2,(H,19,23)/t15-/m1/s1. The third kappa shape index (κ3) is 4.41. The summed E-state index contributed by atoms with van der Waals surface area (Å²) in [6, 6.07) is 9.45. The van der Waals surface area contributed by atoms with Crippen LogP contribution in [0.15, 0.2) is 42.6 Å². The molecule has 7 heteroatoms. The molecule has 1 aliphatic rings. The van der Waals surface area contributed by atoms with Gasteiger partial charge in [-0.3, -0.25) is 0 Å². The highest BCUT2D eigenvalue weighted by Crippen LogP contribution is 2.16. The Labute approximate surface area is 139 Å². The zero-order valence-electron chi connectivity index (χ0n) is 13.2. The van der Waals surface area contributed by atoms with Gasteiger partial charge in [-0.2, -0.15) is 5.10 Å². The molecule has 0 spiro atoms. The molecule has 24 heavy (non-hydrogen) atoms. The van der Waals surface area contributed by atoms with E-state index in [1.165, 1.54) is 12.1 Å². The Kier molecular flexibility index (Phi) is 5.20. The summed E-state index contributed by atoms with van der Waals surface area (Å²) in [4.78, 5) is 14.0. The van der Waals surface area contributed by atoms with Crippen LogP contribution in [0, 0.1) is 5.82 Å². The summed E-state index contributed by atoms with van der Waals surface area (Å²) >= 11 is 0. The predicted molar refractivity (Wildman–Crippen MR) is 85.9 cm³/mol. The number of hydrogen-bond acceptors (Lipinski definition) is 4. The SMILES string of the molecule is O=C(NCc1ccc(F)cc1)N1CCC[C@@H](Oc2cccnn2)C1. The molecule has 1 aromatic heterocycles. The highest BCUT2D eigenvalue weighted by molar-refractivity contribution is 5.74. The van der Waals surface area contributed by atoms with Crippen LogP contribution in [0.25, 0.3) is 0 Å². The van der Waals surface area contributed by atoms with Crippen LogP contribution in [0.5, 0.6) is 5.88 Å². The van der Waals surface area contributed by atoms with E-state index in [0.717, 1.165) is 18.4 Å². The van der Waals surface area contributed by atoms with Gasteiger partial charge in [0.05, 0.1) is 6.54 Å². The summed E-state index contributed by atoms with van der Waals surface area (Å²) in [6.45, 7) is 1.56. The lowest BCUT2D eigenvalue weighted by atomic mass is 10.1. The Morgan fingerprint density at radius 3 is 2.92 bits per heavy atom. The lowest BCUT2D eigenvalue weighted by Gasteiger charge is -2.32. The minimum Gasteiger partial charge on any atom is -0.471 e. The minimum absolute atomic E-state index is 0.0907. The van der Waals surface area contributed by atoms with Crippen LogP contribution in [-0.2, 0) is 6.54 Å². The molecule has 1 atom stereocenters. The van der Waals surface area contributed by atoms with E-state index < -0.39 is 0 Å². The van der Waals surface area contributed by atoms with E-state index in [4.69, 9.17) is 4.74 Å². The minimum atomic E-state index is -0.287. The topological polar surface area (TPSA) is 67.4 Å². The van der Waals surface area contributed by atoms with E-state index in [-0.39, 0.29) is 18.0 Å². The molecule has 2 aromatic rings. The first-order valence-electron chi connectivity index (χ1n) is 7.92. The number of aromatic nitrogens is 2. The van der Waals surface area contributed by atoms with Crippen molar-refractivity contribution >= 4 is 6.03 Å². The van der Waals surface area contributed by atoms with E-state index >= 15 is 0 Å². The van der Waals surface area contributed by atoms with Gasteiger partial charge in [-0.25, -0.2) is 9.18 Å². The van der Waals surface area contributed by atoms with Gasteiger partial charge in [0.25, 0.3) is 0 Å². The Balaban J connectivity index is 1.50. The van der Waals surface area contributed by atoms with Crippen LogP contribution >= 0.6 is 0 Å². The monoisotopic (exact) mass is 330 g/mol. The molecule has 1 fully saturated rings. The van der Waals surface area contributed by atoms with Crippen LogP contribution in [0.2, 0.25) is 0 Å². The number of amides is 2. The molecule has 0 bridgehead atoms. The molecule has 1 saturated heterocycles. The van der Waals surface area contributed by atoms with Crippen molar-refractivity contribution in [2.45, 2.75) is 25.5 Å². The molecular formula is C17H19FN4O2. The summed E-state index contributed by atoms with van der Waals surface area (Å²) in [5, 5.41) is 10.5. The molecule has 3 rings (SSSR count). The fourth-order valence-corrected chi connectivity index (χ4v) is 2.63. The van der Waals surface area contributed by atoms with Crippen molar-refractivity contribution in [1.29, 1.82) is 0 Å². The highest BCUT2D eigenvalue weighted by Gasteiger charge is 2.25. The van der Waals surface area contributed by atoms with Gasteiger partial charge in [0.1, 0.15) is 11.9 Å². The number of piperidine rings is 1. The fraction of sp³-hybridized carbons (Fsp3) is 0.353. The predicted octanol–water partition coefficient (Wildman–Crippen LogP) is 2.37. The third-order valence-electron chi connectivity index (χ3n) is 3.86. The Morgan fingerprint density at radius 2 is 2.17 bits per heavy atom. The molecule has 0 saturated carbocycles. The number of halogens is 1. The maximum atomic E-state index is 12.9. The average Bonchev–Trinajstić information content (AvgIpc) is 2.62. The Morgan fingerprint density at radius 1 is 1.33 bits per heavy atom. The van der Waals surface area contributed by atoms with Crippen LogP contribution in [-0.4, -0.2) is 40.3 Å². The summed E-state index contributed by atoms with van der Waals surface area (Å²) < 4.78 is 18.7. The van der Waals surface area contributed by atoms with Gasteiger partial charge >= 0.3 is 6.03 Å². The lowest BCUT2D eigenvalue weighted by molar-refractivity contribution is 0.0969. The van der Waals surface area contributed by atoms with E-state index in [1.807, 2.05) is 0 Å². The van der Waals surface area contributed by atoms with Crippen LogP contribution in [0.3, 0.4) is 0 Å². The molecular weight excluding hydrogens is 311 g/mol. The Hall–Kier alpha value is -2.70. The lowest BCUT2D eigenvalue weighted by Crippen LogP contribution is -2.48. The number of benzene rings is 1. The number of nitrogens with zero attached hydrogens (tertiary/aromatic N) is 3. The van der Waals surface area contributed by atoms with Crippen molar-refractivity contribution in [2.24, 2.45) is 0 Å². The number of rotatable bonds is 4. The number of ether oxygens (including phenoxy) is 1. The van der Waals surface area contributed by atoms with Gasteiger partial charge in [0.15, 0.2) is 0 Å². The molecule has 6 nitrogen and oxygen atoms in total. The van der Waals surface area contributed by atoms with Crippen LogP contribution in [0.4, 0.5) is 9.18 Å². The molecule has 1 aliphatic heterocycles. The second-order valence-electron chi connectivity index (χ2n) is 5.68. The second-order valence-corrected chi connectivity index (χ2v) is 5.68. The number of nitrogens with one attached hydrogen (secondary N) is 1. The van der Waals surface area contributed by atoms with Gasteiger partial charge in [0, 0.05) is 25.4 Å². The van der Waals surface area contributed by atoms with Crippen LogP contribution in [0.1, 0.15) is 18.4 Å². The van der Waals surface area contributed by atoms with Crippen molar-refractivity contribution in [3.05, 3.63) is 54.0 Å². The normalized spacial score (nSPS) is 17.4. The number of hydrogen-bond donors (Lipinski definition) is 1. The largest absolute Gasteiger partial charge is 0.471 e. The van der Waals surface area contributed by atoms with Gasteiger partial charge in [-0.05, 0) is 36.6 Å². The molecule has 0 radical (unpaired) electrons. The molecule has 0 unspecified atom stereocenters. The number of carbonyl (C=O) groups excluding carboxylic acids is 1. The van der Waals surface area contributed by atoms with E-state index in [9.17, 15) is 9.18 Å². The van der Waals surface area contributed by atoms with Crippen molar-refractivity contribution < 1.29 is 13.9 Å². The molecule has 2 heterocycles. The quantitative estimate of drug-likeness (QED) is 0.934. The summed E-state index contributed by atoms with van der Waals surface area (Å²) in [6.07, 6.45) is 3.24. The maximum Gasteiger partial charge on any atom is 0.317 e. The summed E-state index contributed by atoms with van der Waals surface area (Å²) in [5.74, 6) is 0.182. The van der Waals surface area contributed by atoms with Gasteiger partial charge in [0.2, 0.25) is 5.88 Å². The third-order valence-corrected chi connectivity index (χ3v) is 3.86. The van der Waals surface area contributed by atoms with Gasteiger partial charge < -0.3 is 15.0 Å². The van der Waals surface area contributed by atoms with Crippen molar-refractivity contribution in [3.63, 3.8) is 0 Å². The van der Waals surface area contributed by atoms with Crippen molar-refractivity contribution in [2.75, 3.05) is 13.1 Å². The second kappa shape index (κ2) is 7.72. The molecule has 1 N–H and O–H groups in total. The molecule has 126 valence electrons. The maximum absolute atomic E-state index is 12.9. The first-order chi connectivity index (χ1) is 11.7. The molecule has 2 amide bonds. The number of urea groups is 1. The van der Waals surface area contributed by atoms with Crippen molar-refractivity contribution in [1.82, 2.24) is 20.4 Å². The van der Waals surface area contributed by atoms with E-state index in [2.05, 4.69) is 15.5 Å². The molecule has 1 aromatic carbocycles. The zero-order chi connectivity index (χ0) is 16.8. The summed E-state index contributed by atoms with van der Waals surface area (Å²) in [5.41, 5.74) is 0.856. The van der Waals surface area contributed by atoms with Crippen LogP contribution < -0.4 is 10.1 Å². The van der Waals surface area contributed by atoms with Gasteiger partial charge in [-0.15, -0.1) is 5.10 Å². The van der Waals surface area contributed by atoms with Gasteiger partial charge in [-0.1, -0.05) is 12.1 Å². The average molecular weight is 330 g/mol.